The van der Waals surface area contributed by atoms with Gasteiger partial charge in [-0.05, 0) is 49.6 Å². The van der Waals surface area contributed by atoms with E-state index in [1.54, 1.807) is 37.4 Å². The van der Waals surface area contributed by atoms with E-state index in [1.807, 2.05) is 35.2 Å². The predicted molar refractivity (Wildman–Crippen MR) is 108 cm³/mol. The van der Waals surface area contributed by atoms with Gasteiger partial charge in [-0.15, -0.1) is 0 Å². The predicted octanol–water partition coefficient (Wildman–Crippen LogP) is 3.57. The molecule has 4 rings (SSSR count). The van der Waals surface area contributed by atoms with Crippen LogP contribution in [0.1, 0.15) is 17.3 Å². The van der Waals surface area contributed by atoms with E-state index < -0.39 is 6.10 Å². The Balaban J connectivity index is 1.56. The molecule has 0 bridgehead atoms. The third kappa shape index (κ3) is 3.46. The number of amides is 2. The molecule has 2 N–H and O–H groups in total. The average molecular weight is 394 g/mol. The number of aromatic nitrogens is 2. The highest BCUT2D eigenvalue weighted by Gasteiger charge is 2.23. The maximum absolute atomic E-state index is 12.7. The van der Waals surface area contributed by atoms with Crippen molar-refractivity contribution in [1.82, 2.24) is 9.55 Å². The molecule has 0 unspecified atom stereocenters. The normalized spacial score (nSPS) is 15.4. The van der Waals surface area contributed by atoms with Crippen LogP contribution in [0.5, 0.6) is 5.75 Å². The van der Waals surface area contributed by atoms with E-state index in [-0.39, 0.29) is 11.8 Å². The van der Waals surface area contributed by atoms with Crippen LogP contribution in [0.15, 0.2) is 60.0 Å². The minimum absolute atomic E-state index is 0.214. The lowest BCUT2D eigenvalue weighted by Crippen LogP contribution is -2.34. The van der Waals surface area contributed by atoms with Gasteiger partial charge in [0.05, 0.1) is 5.69 Å². The van der Waals surface area contributed by atoms with Crippen molar-refractivity contribution < 1.29 is 14.3 Å². The third-order valence-electron chi connectivity index (χ3n) is 4.34. The number of nitrogens with zero attached hydrogens (tertiary/aromatic N) is 2. The summed E-state index contributed by atoms with van der Waals surface area (Å²) in [5, 5.41) is 6.48. The third-order valence-corrected chi connectivity index (χ3v) is 5.01. The first-order chi connectivity index (χ1) is 13.5. The molecule has 0 saturated carbocycles. The molecule has 0 aliphatic carbocycles. The lowest BCUT2D eigenvalue weighted by molar-refractivity contribution is -0.122. The van der Waals surface area contributed by atoms with Gasteiger partial charge in [-0.2, -0.15) is 0 Å². The maximum Gasteiger partial charge on any atom is 0.265 e. The Hall–Kier alpha value is -3.26. The first kappa shape index (κ1) is 18.1. The molecule has 2 amide bonds. The molecule has 1 aliphatic rings. The summed E-state index contributed by atoms with van der Waals surface area (Å²) in [7, 11) is 0. The zero-order valence-electron chi connectivity index (χ0n) is 15.3. The van der Waals surface area contributed by atoms with E-state index in [0.29, 0.717) is 22.7 Å². The van der Waals surface area contributed by atoms with E-state index >= 15 is 0 Å². The number of thioether (sulfide) groups is 1. The second kappa shape index (κ2) is 7.40. The van der Waals surface area contributed by atoms with Gasteiger partial charge in [-0.25, -0.2) is 4.98 Å². The largest absolute Gasteiger partial charge is 0.479 e. The summed E-state index contributed by atoms with van der Waals surface area (Å²) >= 11 is 1.53. The zero-order chi connectivity index (χ0) is 19.7. The zero-order valence-corrected chi connectivity index (χ0v) is 16.1. The molecule has 1 aliphatic heterocycles. The van der Waals surface area contributed by atoms with Crippen molar-refractivity contribution in [3.63, 3.8) is 0 Å². The Morgan fingerprint density at radius 2 is 2.14 bits per heavy atom. The maximum atomic E-state index is 12.7. The molecule has 0 saturated heterocycles. The monoisotopic (exact) mass is 394 g/mol. The van der Waals surface area contributed by atoms with E-state index in [0.717, 1.165) is 10.8 Å². The number of carbonyl (C=O) groups is 2. The molecular formula is C20H18N4O3S. The number of anilines is 2. The fraction of sp³-hybridized carbons (Fsp3) is 0.150. The molecule has 2 aromatic carbocycles. The smallest absolute Gasteiger partial charge is 0.265 e. The Morgan fingerprint density at radius 1 is 1.29 bits per heavy atom. The summed E-state index contributed by atoms with van der Waals surface area (Å²) in [5.41, 5.74) is 2.48. The first-order valence-electron chi connectivity index (χ1n) is 8.66. The van der Waals surface area contributed by atoms with Crippen LogP contribution in [0.4, 0.5) is 11.4 Å². The van der Waals surface area contributed by atoms with Gasteiger partial charge in [0.15, 0.2) is 11.3 Å². The SMILES string of the molecule is CSc1nccn1-c1cccc(C(=O)Nc2ccc3c(c2)NC(=O)[C@@H](C)O3)c1. The molecule has 7 nitrogen and oxygen atoms in total. The second-order valence-electron chi connectivity index (χ2n) is 6.25. The number of rotatable bonds is 4. The Kier molecular flexibility index (Phi) is 4.79. The number of hydrogen-bond acceptors (Lipinski definition) is 5. The summed E-state index contributed by atoms with van der Waals surface area (Å²) in [4.78, 5) is 28.8. The standard InChI is InChI=1S/C20H18N4O3S/c1-12-18(25)23-16-11-14(6-7-17(16)27-12)22-19(26)13-4-3-5-15(10-13)24-9-8-21-20(24)28-2/h3-12H,1-2H3,(H,22,26)(H,23,25)/t12-/m1/s1. The summed E-state index contributed by atoms with van der Waals surface area (Å²) in [6.07, 6.45) is 5.00. The second-order valence-corrected chi connectivity index (χ2v) is 7.02. The van der Waals surface area contributed by atoms with Crippen LogP contribution in [0, 0.1) is 0 Å². The fourth-order valence-corrected chi connectivity index (χ4v) is 3.45. The molecule has 2 heterocycles. The number of nitrogens with one attached hydrogen (secondary N) is 2. The Morgan fingerprint density at radius 3 is 2.96 bits per heavy atom. The number of imidazole rings is 1. The molecule has 0 radical (unpaired) electrons. The number of carbonyl (C=O) groups excluding carboxylic acids is 2. The highest BCUT2D eigenvalue weighted by Crippen LogP contribution is 2.32. The van der Waals surface area contributed by atoms with E-state index in [1.165, 1.54) is 11.8 Å². The number of hydrogen-bond donors (Lipinski definition) is 2. The molecule has 28 heavy (non-hydrogen) atoms. The van der Waals surface area contributed by atoms with Crippen LogP contribution in [0.3, 0.4) is 0 Å². The van der Waals surface area contributed by atoms with Gasteiger partial charge >= 0.3 is 0 Å². The van der Waals surface area contributed by atoms with Crippen molar-refractivity contribution in [3.05, 3.63) is 60.4 Å². The summed E-state index contributed by atoms with van der Waals surface area (Å²) in [6.45, 7) is 1.68. The van der Waals surface area contributed by atoms with Gasteiger partial charge in [-0.3, -0.25) is 14.2 Å². The summed E-state index contributed by atoms with van der Waals surface area (Å²) in [5.74, 6) is 0.120. The van der Waals surface area contributed by atoms with Crippen LogP contribution >= 0.6 is 11.8 Å². The van der Waals surface area contributed by atoms with Gasteiger partial charge in [0, 0.05) is 29.3 Å². The fourth-order valence-electron chi connectivity index (χ4n) is 2.92. The van der Waals surface area contributed by atoms with Crippen LogP contribution < -0.4 is 15.4 Å². The minimum atomic E-state index is -0.537. The van der Waals surface area contributed by atoms with Crippen LogP contribution in [-0.2, 0) is 4.79 Å². The summed E-state index contributed by atoms with van der Waals surface area (Å²) in [6, 6.07) is 12.5. The van der Waals surface area contributed by atoms with Crippen LogP contribution in [0.2, 0.25) is 0 Å². The molecule has 1 aromatic heterocycles. The molecule has 0 spiro atoms. The first-order valence-corrected chi connectivity index (χ1v) is 9.88. The van der Waals surface area contributed by atoms with Crippen molar-refractivity contribution in [1.29, 1.82) is 0 Å². The van der Waals surface area contributed by atoms with E-state index in [4.69, 9.17) is 4.74 Å². The molecule has 8 heteroatoms. The average Bonchev–Trinajstić information content (AvgIpc) is 3.18. The molecule has 142 valence electrons. The van der Waals surface area contributed by atoms with Crippen molar-refractivity contribution in [2.75, 3.05) is 16.9 Å². The number of fused-ring (bicyclic) bond motifs is 1. The van der Waals surface area contributed by atoms with Crippen molar-refractivity contribution in [2.24, 2.45) is 0 Å². The highest BCUT2D eigenvalue weighted by atomic mass is 32.2. The Bertz CT molecular complexity index is 1060. The minimum Gasteiger partial charge on any atom is -0.479 e. The Labute approximate surface area is 166 Å². The van der Waals surface area contributed by atoms with Crippen LogP contribution in [0.25, 0.3) is 5.69 Å². The van der Waals surface area contributed by atoms with Gasteiger partial charge in [0.25, 0.3) is 11.8 Å². The lowest BCUT2D eigenvalue weighted by Gasteiger charge is -2.23. The summed E-state index contributed by atoms with van der Waals surface area (Å²) < 4.78 is 7.46. The quantitative estimate of drug-likeness (QED) is 0.661. The van der Waals surface area contributed by atoms with E-state index in [2.05, 4.69) is 15.6 Å². The highest BCUT2D eigenvalue weighted by molar-refractivity contribution is 7.98. The topological polar surface area (TPSA) is 85.3 Å². The number of ether oxygens (including phenoxy) is 1. The van der Waals surface area contributed by atoms with Crippen LogP contribution in [-0.4, -0.2) is 33.7 Å². The van der Waals surface area contributed by atoms with Gasteiger partial charge in [0.2, 0.25) is 0 Å². The molecule has 0 fully saturated rings. The van der Waals surface area contributed by atoms with Gasteiger partial charge in [0.1, 0.15) is 5.75 Å². The lowest BCUT2D eigenvalue weighted by atomic mass is 10.1. The van der Waals surface area contributed by atoms with Gasteiger partial charge < -0.3 is 15.4 Å². The molecule has 3 aromatic rings. The van der Waals surface area contributed by atoms with Gasteiger partial charge in [-0.1, -0.05) is 17.8 Å². The van der Waals surface area contributed by atoms with E-state index in [9.17, 15) is 9.59 Å². The van der Waals surface area contributed by atoms with Crippen molar-refractivity contribution >= 4 is 35.0 Å². The number of benzene rings is 2. The van der Waals surface area contributed by atoms with Crippen molar-refractivity contribution in [3.8, 4) is 11.4 Å². The molecule has 1 atom stereocenters. The van der Waals surface area contributed by atoms with Crippen molar-refractivity contribution in [2.45, 2.75) is 18.2 Å². The molecular weight excluding hydrogens is 376 g/mol.